The van der Waals surface area contributed by atoms with Crippen LogP contribution in [0.15, 0.2) is 35.5 Å². The van der Waals surface area contributed by atoms with E-state index in [9.17, 15) is 19.5 Å². The summed E-state index contributed by atoms with van der Waals surface area (Å²) in [6, 6.07) is 0. The summed E-state index contributed by atoms with van der Waals surface area (Å²) in [5, 5.41) is 9.41. The van der Waals surface area contributed by atoms with Gasteiger partial charge in [-0.1, -0.05) is 26.5 Å². The highest BCUT2D eigenvalue weighted by Crippen LogP contribution is 2.33. The quantitative estimate of drug-likeness (QED) is 0.474. The molecule has 0 bridgehead atoms. The minimum absolute atomic E-state index is 0.0528. The van der Waals surface area contributed by atoms with Crippen LogP contribution in [0.3, 0.4) is 0 Å². The molecular formula is C19H24O6. The molecule has 1 heterocycles. The van der Waals surface area contributed by atoms with Gasteiger partial charge in [0, 0.05) is 23.5 Å². The number of carbonyl (C=O) groups is 3. The number of esters is 2. The first kappa shape index (κ1) is 19.1. The summed E-state index contributed by atoms with van der Waals surface area (Å²) in [4.78, 5) is 35.8. The first-order chi connectivity index (χ1) is 11.8. The maximum Gasteiger partial charge on any atom is 0.334 e. The summed E-state index contributed by atoms with van der Waals surface area (Å²) < 4.78 is 10.6. The molecule has 6 nitrogen and oxygen atoms in total. The number of rotatable bonds is 4. The lowest BCUT2D eigenvalue weighted by atomic mass is 9.87. The van der Waals surface area contributed by atoms with Gasteiger partial charge in [-0.25, -0.2) is 4.79 Å². The van der Waals surface area contributed by atoms with Crippen molar-refractivity contribution in [3.63, 3.8) is 0 Å². The zero-order valence-electron chi connectivity index (χ0n) is 14.6. The van der Waals surface area contributed by atoms with Gasteiger partial charge in [0.1, 0.15) is 12.7 Å². The third-order valence-electron chi connectivity index (χ3n) is 4.41. The molecule has 2 aliphatic rings. The lowest BCUT2D eigenvalue weighted by Crippen LogP contribution is -2.22. The maximum atomic E-state index is 12.3. The van der Waals surface area contributed by atoms with Crippen LogP contribution in [0.4, 0.5) is 0 Å². The van der Waals surface area contributed by atoms with Gasteiger partial charge in [-0.2, -0.15) is 0 Å². The van der Waals surface area contributed by atoms with Crippen molar-refractivity contribution in [2.24, 2.45) is 11.8 Å². The normalized spacial score (nSPS) is 28.6. The van der Waals surface area contributed by atoms with Crippen molar-refractivity contribution in [3.8, 4) is 0 Å². The van der Waals surface area contributed by atoms with Crippen molar-refractivity contribution in [1.82, 2.24) is 0 Å². The Morgan fingerprint density at radius 3 is 2.80 bits per heavy atom. The fourth-order valence-electron chi connectivity index (χ4n) is 2.82. The molecule has 1 aliphatic heterocycles. The van der Waals surface area contributed by atoms with Crippen molar-refractivity contribution in [1.29, 1.82) is 0 Å². The minimum atomic E-state index is -0.602. The fourth-order valence-corrected chi connectivity index (χ4v) is 2.82. The molecule has 136 valence electrons. The number of carbonyl (C=O) groups excluding carboxylic acids is 3. The Morgan fingerprint density at radius 1 is 1.44 bits per heavy atom. The fraction of sp³-hybridized carbons (Fsp3) is 0.526. The monoisotopic (exact) mass is 348 g/mol. The number of aliphatic hydroxyl groups excluding tert-OH is 1. The Hall–Kier alpha value is -2.21. The van der Waals surface area contributed by atoms with Gasteiger partial charge in [0.2, 0.25) is 0 Å². The molecule has 0 unspecified atom stereocenters. The first-order valence-electron chi connectivity index (χ1n) is 8.42. The van der Waals surface area contributed by atoms with Gasteiger partial charge < -0.3 is 14.6 Å². The summed E-state index contributed by atoms with van der Waals surface area (Å²) in [5.74, 6) is -1.73. The van der Waals surface area contributed by atoms with Crippen molar-refractivity contribution in [3.05, 3.63) is 35.5 Å². The first-order valence-corrected chi connectivity index (χ1v) is 8.42. The number of ketones is 1. The van der Waals surface area contributed by atoms with Crippen LogP contribution in [-0.4, -0.2) is 42.1 Å². The van der Waals surface area contributed by atoms with E-state index in [2.05, 4.69) is 6.58 Å². The van der Waals surface area contributed by atoms with Crippen molar-refractivity contribution < 1.29 is 29.0 Å². The van der Waals surface area contributed by atoms with Crippen LogP contribution in [0, 0.1) is 11.8 Å². The Balaban J connectivity index is 2.25. The van der Waals surface area contributed by atoms with Crippen LogP contribution < -0.4 is 0 Å². The standard InChI is InChI=1S/C19H24O6/c1-11(2)18(22)24-10-13-5-4-6-14(9-20)16(21)8-15-12(3)19(23)25-17(15)7-13/h6-7,11,15,17,20H,3-5,8-10H2,1-2H3/b13-7+,14-6-/t15-,17+/m0/s1. The second-order valence-electron chi connectivity index (χ2n) is 6.64. The van der Waals surface area contributed by atoms with Gasteiger partial charge in [0.25, 0.3) is 0 Å². The van der Waals surface area contributed by atoms with E-state index in [-0.39, 0.29) is 42.9 Å². The molecule has 6 heteroatoms. The van der Waals surface area contributed by atoms with E-state index in [1.807, 2.05) is 0 Å². The molecule has 0 amide bonds. The van der Waals surface area contributed by atoms with Gasteiger partial charge in [0.05, 0.1) is 12.5 Å². The highest BCUT2D eigenvalue weighted by molar-refractivity contribution is 5.98. The van der Waals surface area contributed by atoms with E-state index in [4.69, 9.17) is 9.47 Å². The number of Topliss-reactive ketones (excluding diaryl/α,β-unsaturated/α-hetero) is 1. The van der Waals surface area contributed by atoms with Gasteiger partial charge in [-0.15, -0.1) is 0 Å². The smallest absolute Gasteiger partial charge is 0.334 e. The number of ether oxygens (including phenoxy) is 2. The Bertz CT molecular complexity index is 640. The summed E-state index contributed by atoms with van der Waals surface area (Å²) in [5.41, 5.74) is 1.40. The molecular weight excluding hydrogens is 324 g/mol. The second kappa shape index (κ2) is 8.25. The number of fused-ring (bicyclic) bond motifs is 1. The minimum Gasteiger partial charge on any atom is -0.461 e. The van der Waals surface area contributed by atoms with Gasteiger partial charge in [-0.3, -0.25) is 9.59 Å². The number of hydrogen-bond acceptors (Lipinski definition) is 6. The van der Waals surface area contributed by atoms with E-state index in [1.165, 1.54) is 0 Å². The zero-order chi connectivity index (χ0) is 18.6. The topological polar surface area (TPSA) is 89.9 Å². The van der Waals surface area contributed by atoms with E-state index >= 15 is 0 Å². The van der Waals surface area contributed by atoms with Crippen molar-refractivity contribution in [2.45, 2.75) is 39.2 Å². The third-order valence-corrected chi connectivity index (χ3v) is 4.41. The lowest BCUT2D eigenvalue weighted by Gasteiger charge is -2.18. The van der Waals surface area contributed by atoms with Gasteiger partial charge >= 0.3 is 11.9 Å². The van der Waals surface area contributed by atoms with Crippen LogP contribution >= 0.6 is 0 Å². The van der Waals surface area contributed by atoms with Crippen LogP contribution in [0.1, 0.15) is 33.1 Å². The lowest BCUT2D eigenvalue weighted by molar-refractivity contribution is -0.146. The zero-order valence-corrected chi connectivity index (χ0v) is 14.6. The molecule has 2 rings (SSSR count). The molecule has 0 aromatic heterocycles. The molecule has 1 fully saturated rings. The van der Waals surface area contributed by atoms with Crippen LogP contribution in [0.5, 0.6) is 0 Å². The summed E-state index contributed by atoms with van der Waals surface area (Å²) in [6.07, 6.45) is 3.97. The summed E-state index contributed by atoms with van der Waals surface area (Å²) in [7, 11) is 0. The molecule has 1 N–H and O–H groups in total. The van der Waals surface area contributed by atoms with Crippen molar-refractivity contribution in [2.75, 3.05) is 13.2 Å². The summed E-state index contributed by atoms with van der Waals surface area (Å²) in [6.45, 7) is 7.00. The molecule has 1 aliphatic carbocycles. The highest BCUT2D eigenvalue weighted by atomic mass is 16.6. The molecule has 25 heavy (non-hydrogen) atoms. The Morgan fingerprint density at radius 2 is 2.16 bits per heavy atom. The molecule has 0 spiro atoms. The summed E-state index contributed by atoms with van der Waals surface area (Å²) >= 11 is 0. The highest BCUT2D eigenvalue weighted by Gasteiger charge is 2.39. The van der Waals surface area contributed by atoms with Gasteiger partial charge in [0.15, 0.2) is 5.78 Å². The van der Waals surface area contributed by atoms with E-state index in [0.29, 0.717) is 18.4 Å². The van der Waals surface area contributed by atoms with Gasteiger partial charge in [-0.05, 0) is 24.5 Å². The van der Waals surface area contributed by atoms with Crippen LogP contribution in [-0.2, 0) is 23.9 Å². The predicted octanol–water partition coefficient (Wildman–Crippen LogP) is 1.88. The molecule has 0 radical (unpaired) electrons. The number of hydrogen-bond donors (Lipinski definition) is 1. The van der Waals surface area contributed by atoms with E-state index in [1.54, 1.807) is 26.0 Å². The average molecular weight is 348 g/mol. The van der Waals surface area contributed by atoms with Crippen LogP contribution in [0.25, 0.3) is 0 Å². The Kier molecular flexibility index (Phi) is 6.31. The molecule has 0 saturated carbocycles. The Labute approximate surface area is 147 Å². The second-order valence-corrected chi connectivity index (χ2v) is 6.64. The predicted molar refractivity (Wildman–Crippen MR) is 90.4 cm³/mol. The largest absolute Gasteiger partial charge is 0.461 e. The molecule has 0 aromatic rings. The number of allylic oxidation sites excluding steroid dienone is 1. The van der Waals surface area contributed by atoms with E-state index < -0.39 is 18.0 Å². The van der Waals surface area contributed by atoms with Crippen LogP contribution in [0.2, 0.25) is 0 Å². The molecule has 1 saturated heterocycles. The number of aliphatic hydroxyl groups is 1. The van der Waals surface area contributed by atoms with Crippen molar-refractivity contribution >= 4 is 17.7 Å². The SMILES string of the molecule is C=C1C(=O)O[C@@H]2/C=C(/COC(=O)C(C)C)CC/C=C(/CO)C(=O)C[C@@H]12. The third kappa shape index (κ3) is 4.66. The average Bonchev–Trinajstić information content (AvgIpc) is 2.83. The maximum absolute atomic E-state index is 12.3. The molecule has 2 atom stereocenters. The van der Waals surface area contributed by atoms with E-state index in [0.717, 1.165) is 5.57 Å². The molecule has 0 aromatic carbocycles.